The molecule has 1 aliphatic rings. The zero-order valence-electron chi connectivity index (χ0n) is 15.9. The van der Waals surface area contributed by atoms with Crippen molar-refractivity contribution in [3.63, 3.8) is 0 Å². The molecule has 146 valence electrons. The van der Waals surface area contributed by atoms with E-state index in [2.05, 4.69) is 24.3 Å². The number of hydrogen-bond donors (Lipinski definition) is 1. The van der Waals surface area contributed by atoms with Gasteiger partial charge >= 0.3 is 6.18 Å². The maximum Gasteiger partial charge on any atom is 0.433 e. The van der Waals surface area contributed by atoms with Crippen molar-refractivity contribution in [1.82, 2.24) is 15.1 Å². The Morgan fingerprint density at radius 3 is 2.59 bits per heavy atom. The average Bonchev–Trinajstić information content (AvgIpc) is 3.03. The van der Waals surface area contributed by atoms with Crippen molar-refractivity contribution in [2.24, 2.45) is 0 Å². The molecule has 2 aromatic rings. The lowest BCUT2D eigenvalue weighted by Gasteiger charge is -2.37. The molecule has 7 heteroatoms. The molecule has 0 fully saturated rings. The number of nitrogens with one attached hydrogen (secondary N) is 1. The van der Waals surface area contributed by atoms with E-state index < -0.39 is 29.4 Å². The summed E-state index contributed by atoms with van der Waals surface area (Å²) in [5.74, 6) is -0.742. The Morgan fingerprint density at radius 2 is 1.96 bits per heavy atom. The molecular formula is C20H24F3N3O. The van der Waals surface area contributed by atoms with Gasteiger partial charge in [0.2, 0.25) is 0 Å². The van der Waals surface area contributed by atoms with Crippen LogP contribution in [0, 0.1) is 0 Å². The molecule has 1 unspecified atom stereocenters. The number of benzene rings is 1. The molecule has 4 nitrogen and oxygen atoms in total. The lowest BCUT2D eigenvalue weighted by atomic mass is 9.71. The number of carbonyl (C=O) groups is 1. The molecular weight excluding hydrogens is 355 g/mol. The summed E-state index contributed by atoms with van der Waals surface area (Å²) >= 11 is 0. The number of rotatable bonds is 3. The van der Waals surface area contributed by atoms with Crippen molar-refractivity contribution in [3.05, 3.63) is 52.8 Å². The Balaban J connectivity index is 1.94. The van der Waals surface area contributed by atoms with E-state index >= 15 is 0 Å². The lowest BCUT2D eigenvalue weighted by molar-refractivity contribution is -0.145. The maximum absolute atomic E-state index is 13.5. The van der Waals surface area contributed by atoms with Gasteiger partial charge in [0.25, 0.3) is 5.91 Å². The fourth-order valence-corrected chi connectivity index (χ4v) is 3.80. The highest BCUT2D eigenvalue weighted by atomic mass is 19.4. The predicted octanol–water partition coefficient (Wildman–Crippen LogP) is 5.03. The minimum Gasteiger partial charge on any atom is -0.345 e. The summed E-state index contributed by atoms with van der Waals surface area (Å²) in [5.41, 5.74) is 0.623. The van der Waals surface area contributed by atoms with Gasteiger partial charge in [-0.2, -0.15) is 18.3 Å². The van der Waals surface area contributed by atoms with Gasteiger partial charge in [-0.25, -0.2) is 0 Å². The number of fused-ring (bicyclic) bond motifs is 1. The Hall–Kier alpha value is -2.31. The largest absolute Gasteiger partial charge is 0.433 e. The van der Waals surface area contributed by atoms with Crippen LogP contribution in [0.5, 0.6) is 0 Å². The highest BCUT2D eigenvalue weighted by Gasteiger charge is 2.41. The van der Waals surface area contributed by atoms with Crippen LogP contribution in [0.25, 0.3) is 0 Å². The van der Waals surface area contributed by atoms with Crippen LogP contribution < -0.4 is 5.32 Å². The molecule has 1 aromatic carbocycles. The van der Waals surface area contributed by atoms with E-state index in [9.17, 15) is 18.0 Å². The SMILES string of the molecule is CC(C)n1ncc(C(=O)NC2CCC(C)(C)c3ccccc32)c1C(F)(F)F. The molecule has 0 radical (unpaired) electrons. The van der Waals surface area contributed by atoms with Crippen LogP contribution in [0.15, 0.2) is 30.5 Å². The number of alkyl halides is 3. The van der Waals surface area contributed by atoms with Crippen LogP contribution in [0.2, 0.25) is 0 Å². The Morgan fingerprint density at radius 1 is 1.30 bits per heavy atom. The van der Waals surface area contributed by atoms with Crippen LogP contribution >= 0.6 is 0 Å². The topological polar surface area (TPSA) is 46.9 Å². The van der Waals surface area contributed by atoms with E-state index in [0.29, 0.717) is 6.42 Å². The molecule has 0 spiro atoms. The number of nitrogens with zero attached hydrogens (tertiary/aromatic N) is 2. The first-order valence-corrected chi connectivity index (χ1v) is 9.07. The van der Waals surface area contributed by atoms with Crippen LogP contribution in [-0.2, 0) is 11.6 Å². The number of amides is 1. The Labute approximate surface area is 156 Å². The van der Waals surface area contributed by atoms with E-state index in [0.717, 1.165) is 28.4 Å². The average molecular weight is 379 g/mol. The molecule has 1 heterocycles. The van der Waals surface area contributed by atoms with E-state index in [1.807, 2.05) is 24.3 Å². The van der Waals surface area contributed by atoms with Gasteiger partial charge in [0.15, 0.2) is 5.69 Å². The van der Waals surface area contributed by atoms with Crippen LogP contribution in [0.4, 0.5) is 13.2 Å². The molecule has 27 heavy (non-hydrogen) atoms. The van der Waals surface area contributed by atoms with E-state index in [1.54, 1.807) is 13.8 Å². The predicted molar refractivity (Wildman–Crippen MR) is 96.5 cm³/mol. The molecule has 1 aromatic heterocycles. The third-order valence-electron chi connectivity index (χ3n) is 5.23. The number of aromatic nitrogens is 2. The van der Waals surface area contributed by atoms with Crippen molar-refractivity contribution in [2.75, 3.05) is 0 Å². The molecule has 1 atom stereocenters. The zero-order chi connectivity index (χ0) is 20.0. The van der Waals surface area contributed by atoms with Crippen molar-refractivity contribution in [1.29, 1.82) is 0 Å². The highest BCUT2D eigenvalue weighted by molar-refractivity contribution is 5.95. The first-order chi connectivity index (χ1) is 12.5. The van der Waals surface area contributed by atoms with E-state index in [-0.39, 0.29) is 11.5 Å². The summed E-state index contributed by atoms with van der Waals surface area (Å²) in [5, 5.41) is 6.60. The second-order valence-corrected chi connectivity index (χ2v) is 7.98. The maximum atomic E-state index is 13.5. The van der Waals surface area contributed by atoms with Crippen LogP contribution in [0.3, 0.4) is 0 Å². The van der Waals surface area contributed by atoms with Crippen LogP contribution in [-0.4, -0.2) is 15.7 Å². The lowest BCUT2D eigenvalue weighted by Crippen LogP contribution is -2.36. The van der Waals surface area contributed by atoms with Gasteiger partial charge in [-0.1, -0.05) is 38.1 Å². The fourth-order valence-electron chi connectivity index (χ4n) is 3.80. The second kappa shape index (κ2) is 6.69. The van der Waals surface area contributed by atoms with Gasteiger partial charge in [-0.15, -0.1) is 0 Å². The highest BCUT2D eigenvalue weighted by Crippen LogP contribution is 2.41. The number of carbonyl (C=O) groups excluding carboxylic acids is 1. The quantitative estimate of drug-likeness (QED) is 0.813. The summed E-state index contributed by atoms with van der Waals surface area (Å²) in [6.07, 6.45) is -2.13. The molecule has 1 aliphatic carbocycles. The summed E-state index contributed by atoms with van der Waals surface area (Å²) in [6, 6.07) is 6.97. The van der Waals surface area contributed by atoms with E-state index in [1.165, 1.54) is 0 Å². The van der Waals surface area contributed by atoms with Crippen LogP contribution in [0.1, 0.15) is 79.8 Å². The van der Waals surface area contributed by atoms with Gasteiger partial charge in [-0.3, -0.25) is 9.48 Å². The molecule has 0 saturated carbocycles. The standard InChI is InChI=1S/C20H24F3N3O/c1-12(2)26-17(20(21,22)23)14(11-24-26)18(27)25-16-9-10-19(3,4)15-8-6-5-7-13(15)16/h5-8,11-12,16H,9-10H2,1-4H3,(H,25,27). The van der Waals surface area contributed by atoms with E-state index in [4.69, 9.17) is 0 Å². The monoisotopic (exact) mass is 379 g/mol. The summed E-state index contributed by atoms with van der Waals surface area (Å²) in [6.45, 7) is 7.48. The fraction of sp³-hybridized carbons (Fsp3) is 0.500. The van der Waals surface area contributed by atoms with Crippen molar-refractivity contribution < 1.29 is 18.0 Å². The molecule has 3 rings (SSSR count). The normalized spacial score (nSPS) is 19.0. The first-order valence-electron chi connectivity index (χ1n) is 9.07. The van der Waals surface area contributed by atoms with Crippen molar-refractivity contribution in [3.8, 4) is 0 Å². The summed E-state index contributed by atoms with van der Waals surface area (Å²) in [4.78, 5) is 12.7. The second-order valence-electron chi connectivity index (χ2n) is 7.98. The van der Waals surface area contributed by atoms with Crippen molar-refractivity contribution in [2.45, 2.75) is 64.2 Å². The number of hydrogen-bond acceptors (Lipinski definition) is 2. The third kappa shape index (κ3) is 3.59. The molecule has 1 N–H and O–H groups in total. The molecule has 0 aliphatic heterocycles. The van der Waals surface area contributed by atoms with Gasteiger partial charge < -0.3 is 5.32 Å². The molecule has 1 amide bonds. The minimum atomic E-state index is -4.65. The van der Waals surface area contributed by atoms with Crippen molar-refractivity contribution >= 4 is 5.91 Å². The zero-order valence-corrected chi connectivity index (χ0v) is 15.9. The van der Waals surface area contributed by atoms with Gasteiger partial charge in [0.05, 0.1) is 17.8 Å². The number of halogens is 3. The van der Waals surface area contributed by atoms with Gasteiger partial charge in [-0.05, 0) is 43.2 Å². The summed E-state index contributed by atoms with van der Waals surface area (Å²) < 4.78 is 41.5. The smallest absolute Gasteiger partial charge is 0.345 e. The Kier molecular flexibility index (Phi) is 4.82. The van der Waals surface area contributed by atoms with Gasteiger partial charge in [0, 0.05) is 6.04 Å². The minimum absolute atomic E-state index is 0.0303. The third-order valence-corrected chi connectivity index (χ3v) is 5.23. The molecule has 0 bridgehead atoms. The molecule has 0 saturated heterocycles. The first kappa shape index (κ1) is 19.5. The Bertz CT molecular complexity index is 852. The summed E-state index contributed by atoms with van der Waals surface area (Å²) in [7, 11) is 0. The van der Waals surface area contributed by atoms with Gasteiger partial charge in [0.1, 0.15) is 0 Å².